The van der Waals surface area contributed by atoms with Crippen molar-refractivity contribution in [1.29, 1.82) is 0 Å². The number of rotatable bonds is 5. The highest BCUT2D eigenvalue weighted by molar-refractivity contribution is 6.30. The topological polar surface area (TPSA) is 38.3 Å². The molecule has 88 valence electrons. The van der Waals surface area contributed by atoms with Gasteiger partial charge in [0.2, 0.25) is 5.91 Å². The minimum absolute atomic E-state index is 0.0394. The summed E-state index contributed by atoms with van der Waals surface area (Å²) < 4.78 is 4.93. The monoisotopic (exact) mass is 241 g/mol. The molecule has 0 saturated carbocycles. The summed E-state index contributed by atoms with van der Waals surface area (Å²) in [6.45, 7) is 2.35. The Labute approximate surface area is 101 Å². The van der Waals surface area contributed by atoms with Gasteiger partial charge in [-0.2, -0.15) is 0 Å². The van der Waals surface area contributed by atoms with Crippen LogP contribution in [0.3, 0.4) is 0 Å². The Balaban J connectivity index is 2.55. The number of carbonyl (C=O) groups is 1. The van der Waals surface area contributed by atoms with Crippen molar-refractivity contribution in [2.75, 3.05) is 13.7 Å². The molecule has 1 aromatic rings. The average molecular weight is 242 g/mol. The van der Waals surface area contributed by atoms with E-state index in [2.05, 4.69) is 5.32 Å². The van der Waals surface area contributed by atoms with Crippen LogP contribution in [0.2, 0.25) is 0 Å². The Bertz CT molecular complexity index is 329. The third kappa shape index (κ3) is 3.83. The Morgan fingerprint density at radius 2 is 2.06 bits per heavy atom. The normalized spacial score (nSPS) is 14.2. The molecule has 3 nitrogen and oxygen atoms in total. The van der Waals surface area contributed by atoms with Crippen molar-refractivity contribution in [2.45, 2.75) is 18.3 Å². The molecule has 1 rings (SSSR count). The van der Waals surface area contributed by atoms with Crippen molar-refractivity contribution < 1.29 is 9.53 Å². The van der Waals surface area contributed by atoms with Crippen LogP contribution in [-0.2, 0) is 9.53 Å². The maximum absolute atomic E-state index is 11.7. The minimum atomic E-state index is -0.652. The van der Waals surface area contributed by atoms with Crippen molar-refractivity contribution in [1.82, 2.24) is 5.32 Å². The predicted octanol–water partition coefficient (Wildman–Crippen LogP) is 2.12. The molecule has 0 radical (unpaired) electrons. The van der Waals surface area contributed by atoms with Crippen LogP contribution in [-0.4, -0.2) is 25.7 Å². The highest BCUT2D eigenvalue weighted by Gasteiger charge is 2.18. The Morgan fingerprint density at radius 1 is 1.44 bits per heavy atom. The number of carbonyl (C=O) groups excluding carboxylic acids is 1. The minimum Gasteiger partial charge on any atom is -0.383 e. The third-order valence-electron chi connectivity index (χ3n) is 2.13. The van der Waals surface area contributed by atoms with Crippen molar-refractivity contribution in [3.63, 3.8) is 0 Å². The summed E-state index contributed by atoms with van der Waals surface area (Å²) >= 11 is 6.05. The van der Waals surface area contributed by atoms with E-state index in [0.29, 0.717) is 6.61 Å². The van der Waals surface area contributed by atoms with Gasteiger partial charge in [-0.15, -0.1) is 11.6 Å². The van der Waals surface area contributed by atoms with Gasteiger partial charge in [0.1, 0.15) is 5.38 Å². The second-order valence-electron chi connectivity index (χ2n) is 3.64. The number of hydrogen-bond donors (Lipinski definition) is 1. The number of benzene rings is 1. The van der Waals surface area contributed by atoms with Crippen LogP contribution in [0.15, 0.2) is 30.3 Å². The van der Waals surface area contributed by atoms with Crippen LogP contribution in [0.1, 0.15) is 17.9 Å². The maximum atomic E-state index is 11.7. The summed E-state index contributed by atoms with van der Waals surface area (Å²) in [5.41, 5.74) is 0.797. The van der Waals surface area contributed by atoms with Gasteiger partial charge < -0.3 is 10.1 Å². The second-order valence-corrected chi connectivity index (χ2v) is 4.07. The van der Waals surface area contributed by atoms with Gasteiger partial charge >= 0.3 is 0 Å². The molecule has 0 fully saturated rings. The SMILES string of the molecule is COCC(C)NC(=O)C(Cl)c1ccccc1. The molecule has 1 amide bonds. The fourth-order valence-electron chi connectivity index (χ4n) is 1.38. The lowest BCUT2D eigenvalue weighted by Crippen LogP contribution is -2.37. The van der Waals surface area contributed by atoms with Gasteiger partial charge in [-0.05, 0) is 12.5 Å². The first-order chi connectivity index (χ1) is 7.65. The number of nitrogens with one attached hydrogen (secondary N) is 1. The van der Waals surface area contributed by atoms with Crippen LogP contribution in [0, 0.1) is 0 Å². The van der Waals surface area contributed by atoms with Gasteiger partial charge in [-0.1, -0.05) is 30.3 Å². The van der Waals surface area contributed by atoms with Crippen molar-refractivity contribution in [3.8, 4) is 0 Å². The lowest BCUT2D eigenvalue weighted by Gasteiger charge is -2.15. The second kappa shape index (κ2) is 6.51. The molecule has 0 bridgehead atoms. The molecule has 2 unspecified atom stereocenters. The van der Waals surface area contributed by atoms with Crippen molar-refractivity contribution >= 4 is 17.5 Å². The van der Waals surface area contributed by atoms with E-state index in [-0.39, 0.29) is 11.9 Å². The predicted molar refractivity (Wildman–Crippen MR) is 64.5 cm³/mol. The molecule has 0 aliphatic rings. The van der Waals surface area contributed by atoms with Crippen molar-refractivity contribution in [2.24, 2.45) is 0 Å². The van der Waals surface area contributed by atoms with Gasteiger partial charge in [0.05, 0.1) is 6.61 Å². The molecule has 0 aliphatic carbocycles. The summed E-state index contributed by atoms with van der Waals surface area (Å²) in [4.78, 5) is 11.7. The lowest BCUT2D eigenvalue weighted by atomic mass is 10.1. The quantitative estimate of drug-likeness (QED) is 0.802. The molecule has 0 spiro atoms. The molecule has 0 aromatic heterocycles. The summed E-state index contributed by atoms with van der Waals surface area (Å²) in [6, 6.07) is 9.23. The van der Waals surface area contributed by atoms with Gasteiger partial charge in [-0.25, -0.2) is 0 Å². The molecule has 2 atom stereocenters. The Kier molecular flexibility index (Phi) is 5.29. The standard InChI is InChI=1S/C12H16ClNO2/c1-9(8-16-2)14-12(15)11(13)10-6-4-3-5-7-10/h3-7,9,11H,8H2,1-2H3,(H,14,15). The maximum Gasteiger partial charge on any atom is 0.242 e. The number of alkyl halides is 1. The Morgan fingerprint density at radius 3 is 2.62 bits per heavy atom. The van der Waals surface area contributed by atoms with E-state index >= 15 is 0 Å². The van der Waals surface area contributed by atoms with Crippen LogP contribution in [0.4, 0.5) is 0 Å². The van der Waals surface area contributed by atoms with Crippen LogP contribution in [0.25, 0.3) is 0 Å². The third-order valence-corrected chi connectivity index (χ3v) is 2.58. The lowest BCUT2D eigenvalue weighted by molar-refractivity contribution is -0.121. The zero-order valence-electron chi connectivity index (χ0n) is 9.44. The van der Waals surface area contributed by atoms with Crippen LogP contribution >= 0.6 is 11.6 Å². The number of halogens is 1. The fraction of sp³-hybridized carbons (Fsp3) is 0.417. The summed E-state index contributed by atoms with van der Waals surface area (Å²) in [6.07, 6.45) is 0. The zero-order chi connectivity index (χ0) is 12.0. The molecule has 0 aliphatic heterocycles. The molecule has 0 saturated heterocycles. The molecule has 16 heavy (non-hydrogen) atoms. The molecular weight excluding hydrogens is 226 g/mol. The first kappa shape index (κ1) is 13.0. The van der Waals surface area contributed by atoms with E-state index in [1.165, 1.54) is 0 Å². The summed E-state index contributed by atoms with van der Waals surface area (Å²) in [5, 5.41) is 2.13. The van der Waals surface area contributed by atoms with E-state index in [4.69, 9.17) is 16.3 Å². The largest absolute Gasteiger partial charge is 0.383 e. The first-order valence-corrected chi connectivity index (χ1v) is 5.57. The van der Waals surface area contributed by atoms with Crippen LogP contribution < -0.4 is 5.32 Å². The zero-order valence-corrected chi connectivity index (χ0v) is 10.2. The Hall–Kier alpha value is -1.06. The highest BCUT2D eigenvalue weighted by Crippen LogP contribution is 2.19. The molecule has 1 N–H and O–H groups in total. The number of amides is 1. The van der Waals surface area contributed by atoms with Gasteiger partial charge in [0, 0.05) is 13.2 Å². The molecule has 4 heteroatoms. The number of ether oxygens (including phenoxy) is 1. The summed E-state index contributed by atoms with van der Waals surface area (Å²) in [7, 11) is 1.60. The highest BCUT2D eigenvalue weighted by atomic mass is 35.5. The van der Waals surface area contributed by atoms with E-state index in [0.717, 1.165) is 5.56 Å². The first-order valence-electron chi connectivity index (χ1n) is 5.13. The molecule has 0 heterocycles. The van der Waals surface area contributed by atoms with Gasteiger partial charge in [-0.3, -0.25) is 4.79 Å². The van der Waals surface area contributed by atoms with E-state index in [1.807, 2.05) is 37.3 Å². The number of methoxy groups -OCH3 is 1. The molecule has 1 aromatic carbocycles. The van der Waals surface area contributed by atoms with E-state index < -0.39 is 5.38 Å². The van der Waals surface area contributed by atoms with Gasteiger partial charge in [0.15, 0.2) is 0 Å². The number of hydrogen-bond acceptors (Lipinski definition) is 2. The van der Waals surface area contributed by atoms with Gasteiger partial charge in [0.25, 0.3) is 0 Å². The fourth-order valence-corrected chi connectivity index (χ4v) is 1.59. The summed E-state index contributed by atoms with van der Waals surface area (Å²) in [5.74, 6) is -0.197. The molecular formula is C12H16ClNO2. The average Bonchev–Trinajstić information content (AvgIpc) is 2.29. The smallest absolute Gasteiger partial charge is 0.242 e. The van der Waals surface area contributed by atoms with Crippen LogP contribution in [0.5, 0.6) is 0 Å². The van der Waals surface area contributed by atoms with E-state index in [9.17, 15) is 4.79 Å². The van der Waals surface area contributed by atoms with Crippen molar-refractivity contribution in [3.05, 3.63) is 35.9 Å². The van der Waals surface area contributed by atoms with E-state index in [1.54, 1.807) is 7.11 Å².